The fourth-order valence-electron chi connectivity index (χ4n) is 5.06. The highest BCUT2D eigenvalue weighted by Crippen LogP contribution is 2.62. The van der Waals surface area contributed by atoms with Gasteiger partial charge in [-0.2, -0.15) is 0 Å². The molecule has 3 fully saturated rings. The van der Waals surface area contributed by atoms with Crippen molar-refractivity contribution in [2.75, 3.05) is 13.2 Å². The summed E-state index contributed by atoms with van der Waals surface area (Å²) in [7, 11) is 0. The van der Waals surface area contributed by atoms with Crippen molar-refractivity contribution in [3.63, 3.8) is 0 Å². The number of halogens is 2. The molecule has 4 atom stereocenters. The molecule has 1 heterocycles. The molecule has 27 heavy (non-hydrogen) atoms. The molecule has 6 heteroatoms. The Morgan fingerprint density at radius 1 is 1.41 bits per heavy atom. The van der Waals surface area contributed by atoms with Gasteiger partial charge in [-0.05, 0) is 57.2 Å². The molecule has 1 aliphatic heterocycles. The molecule has 2 N–H and O–H groups in total. The van der Waals surface area contributed by atoms with Gasteiger partial charge in [0.25, 0.3) is 0 Å². The van der Waals surface area contributed by atoms with E-state index in [0.29, 0.717) is 35.6 Å². The van der Waals surface area contributed by atoms with Crippen molar-refractivity contribution in [1.29, 1.82) is 0 Å². The van der Waals surface area contributed by atoms with E-state index in [2.05, 4.69) is 22.5 Å². The van der Waals surface area contributed by atoms with Gasteiger partial charge in [-0.15, -0.1) is 24.0 Å². The van der Waals surface area contributed by atoms with Crippen molar-refractivity contribution in [3.8, 4) is 0 Å². The topological polar surface area (TPSA) is 45.7 Å². The van der Waals surface area contributed by atoms with E-state index in [0.717, 1.165) is 24.6 Å². The van der Waals surface area contributed by atoms with Crippen molar-refractivity contribution < 1.29 is 9.13 Å². The van der Waals surface area contributed by atoms with Gasteiger partial charge in [-0.1, -0.05) is 18.6 Å². The summed E-state index contributed by atoms with van der Waals surface area (Å²) >= 11 is 0. The summed E-state index contributed by atoms with van der Waals surface area (Å²) < 4.78 is 19.9. The molecule has 0 amide bonds. The van der Waals surface area contributed by atoms with Crippen LogP contribution in [0.15, 0.2) is 23.2 Å². The highest BCUT2D eigenvalue weighted by atomic mass is 127. The summed E-state index contributed by atoms with van der Waals surface area (Å²) in [6.07, 6.45) is 5.40. The minimum Gasteiger partial charge on any atom is -0.377 e. The van der Waals surface area contributed by atoms with E-state index < -0.39 is 0 Å². The first-order chi connectivity index (χ1) is 12.5. The first-order valence-electron chi connectivity index (χ1n) is 10.0. The summed E-state index contributed by atoms with van der Waals surface area (Å²) in [6, 6.07) is 5.88. The van der Waals surface area contributed by atoms with Crippen LogP contribution >= 0.6 is 24.0 Å². The van der Waals surface area contributed by atoms with Gasteiger partial charge in [0.1, 0.15) is 5.82 Å². The van der Waals surface area contributed by atoms with Crippen LogP contribution in [0.3, 0.4) is 0 Å². The zero-order valence-electron chi connectivity index (χ0n) is 16.4. The Kier molecular flexibility index (Phi) is 6.35. The number of hydrogen-bond acceptors (Lipinski definition) is 2. The molecule has 1 spiro atoms. The fourth-order valence-corrected chi connectivity index (χ4v) is 5.06. The molecule has 0 aromatic heterocycles. The van der Waals surface area contributed by atoms with Gasteiger partial charge in [0, 0.05) is 30.5 Å². The lowest BCUT2D eigenvalue weighted by Crippen LogP contribution is -2.72. The van der Waals surface area contributed by atoms with Gasteiger partial charge < -0.3 is 15.4 Å². The number of nitrogens with one attached hydrogen (secondary N) is 2. The average Bonchev–Trinajstić information content (AvgIpc) is 2.99. The van der Waals surface area contributed by atoms with Crippen LogP contribution in [-0.4, -0.2) is 31.3 Å². The van der Waals surface area contributed by atoms with E-state index in [1.54, 1.807) is 13.0 Å². The molecule has 4 nitrogen and oxygen atoms in total. The zero-order chi connectivity index (χ0) is 18.3. The number of rotatable bonds is 4. The van der Waals surface area contributed by atoms with Gasteiger partial charge in [0.15, 0.2) is 5.96 Å². The van der Waals surface area contributed by atoms with Crippen molar-refractivity contribution in [2.45, 2.75) is 64.6 Å². The number of hydrogen-bond donors (Lipinski definition) is 2. The predicted molar refractivity (Wildman–Crippen MR) is 117 cm³/mol. The molecule has 2 saturated carbocycles. The van der Waals surface area contributed by atoms with E-state index in [4.69, 9.17) is 4.74 Å². The number of guanidine groups is 1. The third-order valence-electron chi connectivity index (χ3n) is 6.69. The van der Waals surface area contributed by atoms with Crippen LogP contribution in [0.4, 0.5) is 4.39 Å². The van der Waals surface area contributed by atoms with Gasteiger partial charge >= 0.3 is 0 Å². The fraction of sp³-hybridized carbons (Fsp3) is 0.667. The Morgan fingerprint density at radius 3 is 2.81 bits per heavy atom. The lowest BCUT2D eigenvalue weighted by molar-refractivity contribution is -0.171. The second kappa shape index (κ2) is 8.23. The van der Waals surface area contributed by atoms with Crippen LogP contribution in [0.2, 0.25) is 0 Å². The first-order valence-corrected chi connectivity index (χ1v) is 10.0. The van der Waals surface area contributed by atoms with Crippen LogP contribution < -0.4 is 10.6 Å². The van der Waals surface area contributed by atoms with Gasteiger partial charge in [-0.3, -0.25) is 4.99 Å². The van der Waals surface area contributed by atoms with E-state index in [-0.39, 0.29) is 35.8 Å². The second-order valence-electron chi connectivity index (χ2n) is 8.15. The third-order valence-corrected chi connectivity index (χ3v) is 6.69. The molecule has 1 aromatic rings. The maximum absolute atomic E-state index is 13.9. The monoisotopic (exact) mass is 487 g/mol. The Labute approximate surface area is 178 Å². The zero-order valence-corrected chi connectivity index (χ0v) is 18.8. The summed E-state index contributed by atoms with van der Waals surface area (Å²) in [4.78, 5) is 4.65. The molecule has 3 aliphatic rings. The number of nitrogens with zero attached hydrogens (tertiary/aromatic N) is 1. The Bertz CT molecular complexity index is 707. The Hall–Kier alpha value is -0.890. The molecule has 1 aromatic carbocycles. The molecule has 4 rings (SSSR count). The number of fused-ring (bicyclic) bond motifs is 2. The lowest BCUT2D eigenvalue weighted by Gasteiger charge is -2.63. The van der Waals surface area contributed by atoms with Crippen molar-refractivity contribution in [1.82, 2.24) is 10.6 Å². The quantitative estimate of drug-likeness (QED) is 0.378. The van der Waals surface area contributed by atoms with Crippen LogP contribution in [0.1, 0.15) is 56.7 Å². The maximum Gasteiger partial charge on any atom is 0.191 e. The number of aryl methyl sites for hydroxylation is 1. The van der Waals surface area contributed by atoms with Crippen LogP contribution in [0.25, 0.3) is 0 Å². The number of ether oxygens (including phenoxy) is 1. The van der Waals surface area contributed by atoms with Gasteiger partial charge in [0.05, 0.1) is 12.1 Å². The molecule has 1 saturated heterocycles. The lowest BCUT2D eigenvalue weighted by atomic mass is 9.46. The maximum atomic E-state index is 13.9. The molecule has 150 valence electrons. The van der Waals surface area contributed by atoms with Crippen LogP contribution in [-0.2, 0) is 4.74 Å². The number of aliphatic imine (C=N–C) groups is 1. The molecule has 2 aliphatic carbocycles. The minimum atomic E-state index is -0.156. The smallest absolute Gasteiger partial charge is 0.191 e. The second-order valence-corrected chi connectivity index (χ2v) is 8.15. The highest BCUT2D eigenvalue weighted by molar-refractivity contribution is 14.0. The molecule has 0 radical (unpaired) electrons. The minimum absolute atomic E-state index is 0. The summed E-state index contributed by atoms with van der Waals surface area (Å²) in [5, 5.41) is 7.19. The third kappa shape index (κ3) is 3.59. The van der Waals surface area contributed by atoms with E-state index in [1.165, 1.54) is 19.3 Å². The van der Waals surface area contributed by atoms with Crippen LogP contribution in [0, 0.1) is 24.1 Å². The molecular weight excluding hydrogens is 456 g/mol. The Balaban J connectivity index is 0.00000210. The normalized spacial score (nSPS) is 29.2. The summed E-state index contributed by atoms with van der Waals surface area (Å²) in [5.41, 5.74) is 1.93. The van der Waals surface area contributed by atoms with Crippen LogP contribution in [0.5, 0.6) is 0 Å². The van der Waals surface area contributed by atoms with Crippen molar-refractivity contribution in [3.05, 3.63) is 35.1 Å². The highest BCUT2D eigenvalue weighted by Gasteiger charge is 2.66. The Morgan fingerprint density at radius 2 is 2.19 bits per heavy atom. The van der Waals surface area contributed by atoms with Gasteiger partial charge in [0.2, 0.25) is 0 Å². The predicted octanol–water partition coefficient (Wildman–Crippen LogP) is 4.33. The van der Waals surface area contributed by atoms with Crippen molar-refractivity contribution >= 4 is 29.9 Å². The van der Waals surface area contributed by atoms with E-state index in [1.807, 2.05) is 19.1 Å². The van der Waals surface area contributed by atoms with Gasteiger partial charge in [-0.25, -0.2) is 4.39 Å². The largest absolute Gasteiger partial charge is 0.377 e. The number of benzene rings is 1. The summed E-state index contributed by atoms with van der Waals surface area (Å²) in [6.45, 7) is 7.49. The standard InChI is InChI=1S/C21H30FN3O.HI/c1-4-23-20(24-14(3)15-7-6-13(2)17(22)12-15)25-18-16-8-11-26-19(16)21(18)9-5-10-21;/h6-7,12,14,16,18-19H,4-5,8-11H2,1-3H3,(H2,23,24,25);1H. The molecular formula is C21H31FIN3O. The SMILES string of the molecule is CCN=C(NC(C)c1ccc(C)c(F)c1)NC1C2CCOC2C12CCC2.I. The first kappa shape index (κ1) is 20.8. The van der Waals surface area contributed by atoms with E-state index >= 15 is 0 Å². The average molecular weight is 487 g/mol. The molecule has 4 unspecified atom stereocenters. The summed E-state index contributed by atoms with van der Waals surface area (Å²) in [5.74, 6) is 1.28. The van der Waals surface area contributed by atoms with E-state index in [9.17, 15) is 4.39 Å². The molecule has 0 bridgehead atoms. The van der Waals surface area contributed by atoms with Crippen molar-refractivity contribution in [2.24, 2.45) is 16.3 Å².